The van der Waals surface area contributed by atoms with Crippen molar-refractivity contribution < 1.29 is 0 Å². The molecule has 2 aromatic heterocycles. The lowest BCUT2D eigenvalue weighted by atomic mass is 10.6. The molecular weight excluding hydrogens is 204 g/mol. The fourth-order valence-corrected chi connectivity index (χ4v) is 1.17. The molecule has 0 saturated carbocycles. The Balaban J connectivity index is 2.03. The zero-order chi connectivity index (χ0) is 11.4. The Morgan fingerprint density at radius 3 is 1.69 bits per heavy atom. The fourth-order valence-electron chi connectivity index (χ4n) is 1.17. The number of rotatable bonds is 3. The van der Waals surface area contributed by atoms with Crippen LogP contribution < -0.4 is 0 Å². The van der Waals surface area contributed by atoms with Crippen LogP contribution in [0.25, 0.3) is 0 Å². The zero-order valence-corrected chi connectivity index (χ0v) is 9.15. The molecule has 0 unspecified atom stereocenters. The van der Waals surface area contributed by atoms with Crippen molar-refractivity contribution >= 4 is 12.4 Å². The highest BCUT2D eigenvalue weighted by atomic mass is 15.2. The summed E-state index contributed by atoms with van der Waals surface area (Å²) in [6.07, 6.45) is 10.3. The molecule has 0 aliphatic rings. The van der Waals surface area contributed by atoms with Gasteiger partial charge in [0, 0.05) is 38.9 Å². The molecule has 0 bridgehead atoms. The van der Waals surface area contributed by atoms with Gasteiger partial charge in [-0.2, -0.15) is 10.2 Å². The van der Waals surface area contributed by atoms with Crippen LogP contribution in [-0.2, 0) is 14.1 Å². The van der Waals surface area contributed by atoms with Crippen LogP contribution in [0.5, 0.6) is 0 Å². The molecule has 0 N–H and O–H groups in total. The van der Waals surface area contributed by atoms with E-state index in [1.165, 1.54) is 0 Å². The number of hydrogen-bond donors (Lipinski definition) is 0. The van der Waals surface area contributed by atoms with Gasteiger partial charge in [-0.3, -0.25) is 0 Å². The van der Waals surface area contributed by atoms with Gasteiger partial charge in [0.15, 0.2) is 11.6 Å². The maximum atomic E-state index is 4.09. The van der Waals surface area contributed by atoms with E-state index in [0.717, 1.165) is 11.6 Å². The van der Waals surface area contributed by atoms with Crippen molar-refractivity contribution in [2.45, 2.75) is 0 Å². The molecule has 0 aromatic carbocycles. The van der Waals surface area contributed by atoms with Gasteiger partial charge in [0.1, 0.15) is 0 Å². The van der Waals surface area contributed by atoms with Gasteiger partial charge in [0.2, 0.25) is 0 Å². The Hall–Kier alpha value is -2.24. The van der Waals surface area contributed by atoms with E-state index in [4.69, 9.17) is 0 Å². The maximum Gasteiger partial charge on any atom is 0.152 e. The van der Waals surface area contributed by atoms with E-state index < -0.39 is 0 Å². The largest absolute Gasteiger partial charge is 0.333 e. The molecule has 0 amide bonds. The van der Waals surface area contributed by atoms with E-state index in [-0.39, 0.29) is 0 Å². The normalized spacial score (nSPS) is 11.9. The Morgan fingerprint density at radius 1 is 0.938 bits per heavy atom. The molecule has 2 rings (SSSR count). The van der Waals surface area contributed by atoms with Crippen LogP contribution in [0.2, 0.25) is 0 Å². The third-order valence-electron chi connectivity index (χ3n) is 2.13. The Morgan fingerprint density at radius 2 is 1.38 bits per heavy atom. The minimum Gasteiger partial charge on any atom is -0.333 e. The Bertz CT molecular complexity index is 471. The molecule has 0 radical (unpaired) electrons. The van der Waals surface area contributed by atoms with Crippen LogP contribution >= 0.6 is 0 Å². The molecule has 0 spiro atoms. The van der Waals surface area contributed by atoms with Gasteiger partial charge in [-0.15, -0.1) is 0 Å². The molecule has 0 saturated heterocycles. The summed E-state index contributed by atoms with van der Waals surface area (Å²) in [5, 5.41) is 7.80. The second-order valence-electron chi connectivity index (χ2n) is 3.28. The predicted octanol–water partition coefficient (Wildman–Crippen LogP) is 0.607. The smallest absolute Gasteiger partial charge is 0.152 e. The van der Waals surface area contributed by atoms with E-state index in [0.29, 0.717) is 0 Å². The molecule has 0 aliphatic carbocycles. The van der Waals surface area contributed by atoms with Crippen LogP contribution in [0.1, 0.15) is 11.6 Å². The number of hydrogen-bond acceptors (Lipinski definition) is 4. The lowest BCUT2D eigenvalue weighted by Gasteiger charge is -1.91. The first-order valence-electron chi connectivity index (χ1n) is 4.78. The van der Waals surface area contributed by atoms with Gasteiger partial charge in [0.05, 0.1) is 12.4 Å². The van der Waals surface area contributed by atoms with Crippen LogP contribution in [-0.4, -0.2) is 31.5 Å². The average Bonchev–Trinajstić information content (AvgIpc) is 2.84. The van der Waals surface area contributed by atoms with Crippen LogP contribution in [0, 0.1) is 0 Å². The summed E-state index contributed by atoms with van der Waals surface area (Å²) in [7, 11) is 3.80. The molecule has 0 atom stereocenters. The van der Waals surface area contributed by atoms with Crippen molar-refractivity contribution in [3.8, 4) is 0 Å². The first kappa shape index (κ1) is 10.3. The highest BCUT2D eigenvalue weighted by molar-refractivity contribution is 5.78. The van der Waals surface area contributed by atoms with E-state index in [9.17, 15) is 0 Å². The highest BCUT2D eigenvalue weighted by Crippen LogP contribution is 1.91. The minimum absolute atomic E-state index is 0.761. The summed E-state index contributed by atoms with van der Waals surface area (Å²) in [6, 6.07) is 0. The predicted molar refractivity (Wildman–Crippen MR) is 61.6 cm³/mol. The maximum absolute atomic E-state index is 4.09. The molecule has 82 valence electrons. The molecule has 2 aromatic rings. The van der Waals surface area contributed by atoms with E-state index in [1.807, 2.05) is 35.6 Å². The van der Waals surface area contributed by atoms with Crippen molar-refractivity contribution in [1.29, 1.82) is 0 Å². The lowest BCUT2D eigenvalue weighted by molar-refractivity contribution is 0.897. The van der Waals surface area contributed by atoms with Gasteiger partial charge in [-0.25, -0.2) is 9.97 Å². The average molecular weight is 216 g/mol. The third kappa shape index (κ3) is 2.22. The number of imidazole rings is 2. The van der Waals surface area contributed by atoms with Crippen molar-refractivity contribution in [1.82, 2.24) is 19.1 Å². The highest BCUT2D eigenvalue weighted by Gasteiger charge is 1.93. The summed E-state index contributed by atoms with van der Waals surface area (Å²) >= 11 is 0. The Labute approximate surface area is 93.0 Å². The first-order chi connectivity index (χ1) is 7.77. The number of aryl methyl sites for hydroxylation is 2. The number of nitrogens with zero attached hydrogens (tertiary/aromatic N) is 6. The SMILES string of the molecule is Cn1ccnc1C=NN=Cc1nccn1C. The fraction of sp³-hybridized carbons (Fsp3) is 0.200. The van der Waals surface area contributed by atoms with Crippen molar-refractivity contribution in [2.75, 3.05) is 0 Å². The molecule has 0 aliphatic heterocycles. The van der Waals surface area contributed by atoms with E-state index in [1.54, 1.807) is 24.8 Å². The van der Waals surface area contributed by atoms with E-state index >= 15 is 0 Å². The molecule has 6 heteroatoms. The minimum atomic E-state index is 0.761. The molecular formula is C10H12N6. The third-order valence-corrected chi connectivity index (χ3v) is 2.13. The van der Waals surface area contributed by atoms with Gasteiger partial charge in [-0.05, 0) is 0 Å². The topological polar surface area (TPSA) is 60.4 Å². The van der Waals surface area contributed by atoms with E-state index in [2.05, 4.69) is 20.2 Å². The summed E-state index contributed by atoms with van der Waals surface area (Å²) in [6.45, 7) is 0. The van der Waals surface area contributed by atoms with Crippen LogP contribution in [0.15, 0.2) is 35.0 Å². The van der Waals surface area contributed by atoms with Crippen molar-refractivity contribution in [2.24, 2.45) is 24.3 Å². The van der Waals surface area contributed by atoms with Gasteiger partial charge >= 0.3 is 0 Å². The van der Waals surface area contributed by atoms with Crippen LogP contribution in [0.3, 0.4) is 0 Å². The molecule has 16 heavy (non-hydrogen) atoms. The second-order valence-corrected chi connectivity index (χ2v) is 3.28. The van der Waals surface area contributed by atoms with Gasteiger partial charge in [-0.1, -0.05) is 0 Å². The van der Waals surface area contributed by atoms with Gasteiger partial charge < -0.3 is 9.13 Å². The quantitative estimate of drug-likeness (QED) is 0.557. The second kappa shape index (κ2) is 4.52. The van der Waals surface area contributed by atoms with Crippen LogP contribution in [0.4, 0.5) is 0 Å². The number of aromatic nitrogens is 4. The summed E-state index contributed by atoms with van der Waals surface area (Å²) in [4.78, 5) is 8.17. The monoisotopic (exact) mass is 216 g/mol. The first-order valence-corrected chi connectivity index (χ1v) is 4.78. The standard InChI is InChI=1S/C10H12N6/c1-15-5-3-11-9(15)7-13-14-8-10-12-4-6-16(10)2/h3-8H,1-2H3. The summed E-state index contributed by atoms with van der Waals surface area (Å²) in [5.74, 6) is 1.52. The lowest BCUT2D eigenvalue weighted by Crippen LogP contribution is -1.95. The molecule has 2 heterocycles. The zero-order valence-electron chi connectivity index (χ0n) is 9.15. The summed E-state index contributed by atoms with van der Waals surface area (Å²) < 4.78 is 3.72. The molecule has 6 nitrogen and oxygen atoms in total. The van der Waals surface area contributed by atoms with Crippen molar-refractivity contribution in [3.05, 3.63) is 36.4 Å². The van der Waals surface area contributed by atoms with Crippen molar-refractivity contribution in [3.63, 3.8) is 0 Å². The Kier molecular flexibility index (Phi) is 2.90. The molecule has 0 fully saturated rings. The summed E-state index contributed by atoms with van der Waals surface area (Å²) in [5.41, 5.74) is 0. The van der Waals surface area contributed by atoms with Gasteiger partial charge in [0.25, 0.3) is 0 Å².